The molecule has 0 fully saturated rings. The highest BCUT2D eigenvalue weighted by Crippen LogP contribution is 2.24. The van der Waals surface area contributed by atoms with Gasteiger partial charge in [0.1, 0.15) is 0 Å². The third kappa shape index (κ3) is 2.25. The van der Waals surface area contributed by atoms with Crippen molar-refractivity contribution in [3.63, 3.8) is 0 Å². The molecule has 1 aromatic heterocycles. The zero-order valence-corrected chi connectivity index (χ0v) is 9.77. The fraction of sp³-hybridized carbons (Fsp3) is 0.182. The standard InChI is InChI=1S/C11H15N5O/c1-16-11(17-2)6-10(15-16)14-7-3-4-8(12)9(13)5-7/h3-6H,12-13H2,1-2H3,(H,14,15). The number of aromatic nitrogens is 2. The molecule has 5 N–H and O–H groups in total. The highest BCUT2D eigenvalue weighted by Gasteiger charge is 2.05. The first kappa shape index (κ1) is 11.1. The molecular formula is C11H15N5O. The minimum atomic E-state index is 0.540. The van der Waals surface area contributed by atoms with E-state index in [4.69, 9.17) is 16.2 Å². The second kappa shape index (κ2) is 4.25. The van der Waals surface area contributed by atoms with Crippen LogP contribution >= 0.6 is 0 Å². The van der Waals surface area contributed by atoms with E-state index >= 15 is 0 Å². The van der Waals surface area contributed by atoms with Crippen LogP contribution in [-0.2, 0) is 7.05 Å². The average molecular weight is 233 g/mol. The summed E-state index contributed by atoms with van der Waals surface area (Å²) in [6, 6.07) is 7.15. The topological polar surface area (TPSA) is 91.1 Å². The van der Waals surface area contributed by atoms with Crippen molar-refractivity contribution in [2.75, 3.05) is 23.9 Å². The van der Waals surface area contributed by atoms with Gasteiger partial charge in [0.25, 0.3) is 0 Å². The quantitative estimate of drug-likeness (QED) is 0.696. The average Bonchev–Trinajstić information content (AvgIpc) is 2.64. The molecule has 17 heavy (non-hydrogen) atoms. The van der Waals surface area contributed by atoms with Crippen molar-refractivity contribution in [2.24, 2.45) is 7.05 Å². The van der Waals surface area contributed by atoms with E-state index in [0.717, 1.165) is 5.69 Å². The highest BCUT2D eigenvalue weighted by molar-refractivity contribution is 5.71. The number of nitrogens with zero attached hydrogens (tertiary/aromatic N) is 2. The van der Waals surface area contributed by atoms with E-state index in [-0.39, 0.29) is 0 Å². The van der Waals surface area contributed by atoms with Gasteiger partial charge in [0.05, 0.1) is 18.5 Å². The summed E-state index contributed by atoms with van der Waals surface area (Å²) in [5.41, 5.74) is 13.3. The van der Waals surface area contributed by atoms with Crippen LogP contribution in [0.3, 0.4) is 0 Å². The summed E-state index contributed by atoms with van der Waals surface area (Å²) in [5.74, 6) is 1.37. The number of nitrogen functional groups attached to an aromatic ring is 2. The third-order valence-electron chi connectivity index (χ3n) is 2.41. The first-order chi connectivity index (χ1) is 8.10. The summed E-state index contributed by atoms with van der Waals surface area (Å²) in [4.78, 5) is 0. The lowest BCUT2D eigenvalue weighted by molar-refractivity contribution is 0.373. The molecule has 0 radical (unpaired) electrons. The van der Waals surface area contributed by atoms with Crippen LogP contribution in [0, 0.1) is 0 Å². The minimum Gasteiger partial charge on any atom is -0.481 e. The third-order valence-corrected chi connectivity index (χ3v) is 2.41. The van der Waals surface area contributed by atoms with E-state index in [9.17, 15) is 0 Å². The molecule has 90 valence electrons. The second-order valence-electron chi connectivity index (χ2n) is 3.66. The Morgan fingerprint density at radius 2 is 2.00 bits per heavy atom. The van der Waals surface area contributed by atoms with Gasteiger partial charge < -0.3 is 21.5 Å². The molecule has 0 aliphatic carbocycles. The van der Waals surface area contributed by atoms with E-state index in [2.05, 4.69) is 10.4 Å². The number of nitrogens with two attached hydrogens (primary N) is 2. The van der Waals surface area contributed by atoms with Crippen LogP contribution in [0.25, 0.3) is 0 Å². The van der Waals surface area contributed by atoms with Crippen LogP contribution in [-0.4, -0.2) is 16.9 Å². The van der Waals surface area contributed by atoms with Gasteiger partial charge in [0.2, 0.25) is 5.88 Å². The number of rotatable bonds is 3. The summed E-state index contributed by atoms with van der Waals surface area (Å²) in [6.07, 6.45) is 0. The number of nitrogens with one attached hydrogen (secondary N) is 1. The van der Waals surface area contributed by atoms with E-state index in [0.29, 0.717) is 23.1 Å². The van der Waals surface area contributed by atoms with Gasteiger partial charge in [-0.05, 0) is 18.2 Å². The Hall–Kier alpha value is -2.37. The van der Waals surface area contributed by atoms with Crippen molar-refractivity contribution >= 4 is 22.9 Å². The number of hydrogen-bond donors (Lipinski definition) is 3. The summed E-state index contributed by atoms with van der Waals surface area (Å²) in [7, 11) is 3.41. The van der Waals surface area contributed by atoms with Crippen LogP contribution in [0.2, 0.25) is 0 Å². The van der Waals surface area contributed by atoms with E-state index in [1.165, 1.54) is 0 Å². The van der Waals surface area contributed by atoms with Crippen molar-refractivity contribution in [1.29, 1.82) is 0 Å². The molecule has 0 saturated carbocycles. The van der Waals surface area contributed by atoms with Crippen molar-refractivity contribution in [1.82, 2.24) is 9.78 Å². The zero-order valence-electron chi connectivity index (χ0n) is 9.77. The predicted octanol–water partition coefficient (Wildman–Crippen LogP) is 1.34. The second-order valence-corrected chi connectivity index (χ2v) is 3.66. The van der Waals surface area contributed by atoms with Gasteiger partial charge in [-0.2, -0.15) is 5.10 Å². The number of hydrogen-bond acceptors (Lipinski definition) is 5. The molecule has 0 unspecified atom stereocenters. The Kier molecular flexibility index (Phi) is 2.78. The summed E-state index contributed by atoms with van der Waals surface area (Å²) in [5, 5.41) is 7.36. The van der Waals surface area contributed by atoms with Gasteiger partial charge >= 0.3 is 0 Å². The number of anilines is 4. The molecule has 6 nitrogen and oxygen atoms in total. The van der Waals surface area contributed by atoms with E-state index in [1.54, 1.807) is 37.0 Å². The molecule has 0 saturated heterocycles. The first-order valence-corrected chi connectivity index (χ1v) is 5.10. The number of ether oxygens (including phenoxy) is 1. The predicted molar refractivity (Wildman–Crippen MR) is 68.3 cm³/mol. The lowest BCUT2D eigenvalue weighted by Gasteiger charge is -2.05. The molecule has 1 heterocycles. The molecule has 0 bridgehead atoms. The number of methoxy groups -OCH3 is 1. The molecular weight excluding hydrogens is 218 g/mol. The normalized spacial score (nSPS) is 10.2. The Balaban J connectivity index is 2.22. The maximum Gasteiger partial charge on any atom is 0.213 e. The molecule has 0 amide bonds. The molecule has 0 aliphatic heterocycles. The van der Waals surface area contributed by atoms with Crippen molar-refractivity contribution in [3.8, 4) is 5.88 Å². The Morgan fingerprint density at radius 1 is 1.24 bits per heavy atom. The van der Waals surface area contributed by atoms with Gasteiger partial charge in [0.15, 0.2) is 5.82 Å². The molecule has 2 rings (SSSR count). The van der Waals surface area contributed by atoms with Crippen molar-refractivity contribution < 1.29 is 4.74 Å². The Morgan fingerprint density at radius 3 is 2.59 bits per heavy atom. The van der Waals surface area contributed by atoms with Gasteiger partial charge in [-0.3, -0.25) is 0 Å². The fourth-order valence-corrected chi connectivity index (χ4v) is 1.50. The summed E-state index contributed by atoms with van der Waals surface area (Å²) >= 11 is 0. The Labute approximate surface area is 99.2 Å². The highest BCUT2D eigenvalue weighted by atomic mass is 16.5. The molecule has 1 aromatic carbocycles. The van der Waals surface area contributed by atoms with Crippen LogP contribution in [0.5, 0.6) is 5.88 Å². The van der Waals surface area contributed by atoms with Crippen LogP contribution in [0.1, 0.15) is 0 Å². The van der Waals surface area contributed by atoms with Crippen molar-refractivity contribution in [3.05, 3.63) is 24.3 Å². The Bertz CT molecular complexity index is 535. The monoisotopic (exact) mass is 233 g/mol. The molecule has 0 aliphatic rings. The maximum absolute atomic E-state index is 5.72. The van der Waals surface area contributed by atoms with Gasteiger partial charge in [-0.25, -0.2) is 4.68 Å². The molecule has 0 spiro atoms. The smallest absolute Gasteiger partial charge is 0.213 e. The fourth-order valence-electron chi connectivity index (χ4n) is 1.50. The summed E-state index contributed by atoms with van der Waals surface area (Å²) < 4.78 is 6.76. The molecule has 6 heteroatoms. The maximum atomic E-state index is 5.72. The van der Waals surface area contributed by atoms with Gasteiger partial charge in [-0.15, -0.1) is 0 Å². The van der Waals surface area contributed by atoms with E-state index in [1.807, 2.05) is 6.07 Å². The molecule has 2 aromatic rings. The first-order valence-electron chi connectivity index (χ1n) is 5.10. The number of benzene rings is 1. The lowest BCUT2D eigenvalue weighted by Crippen LogP contribution is -1.98. The van der Waals surface area contributed by atoms with Crippen LogP contribution < -0.4 is 21.5 Å². The minimum absolute atomic E-state index is 0.540. The lowest BCUT2D eigenvalue weighted by atomic mass is 10.2. The number of aryl methyl sites for hydroxylation is 1. The van der Waals surface area contributed by atoms with Gasteiger partial charge in [0, 0.05) is 18.8 Å². The largest absolute Gasteiger partial charge is 0.481 e. The SMILES string of the molecule is COc1cc(Nc2ccc(N)c(N)c2)nn1C. The van der Waals surface area contributed by atoms with Crippen LogP contribution in [0.4, 0.5) is 22.9 Å². The zero-order chi connectivity index (χ0) is 12.4. The van der Waals surface area contributed by atoms with Gasteiger partial charge in [-0.1, -0.05) is 0 Å². The molecule has 0 atom stereocenters. The van der Waals surface area contributed by atoms with Crippen molar-refractivity contribution in [2.45, 2.75) is 0 Å². The summed E-state index contributed by atoms with van der Waals surface area (Å²) in [6.45, 7) is 0. The van der Waals surface area contributed by atoms with E-state index < -0.39 is 0 Å². The van der Waals surface area contributed by atoms with Crippen LogP contribution in [0.15, 0.2) is 24.3 Å².